The average Bonchev–Trinajstić information content (AvgIpc) is 2.13. The van der Waals surface area contributed by atoms with E-state index in [1.165, 1.54) is 11.8 Å². The minimum atomic E-state index is -0.407. The Morgan fingerprint density at radius 3 is 2.80 bits per heavy atom. The number of halogens is 1. The van der Waals surface area contributed by atoms with Crippen LogP contribution in [0.3, 0.4) is 0 Å². The largest absolute Gasteiger partial charge is 0.369 e. The molecule has 82 valence electrons. The molecule has 1 amide bonds. The van der Waals surface area contributed by atoms with Crippen molar-refractivity contribution in [2.75, 3.05) is 24.7 Å². The zero-order chi connectivity index (χ0) is 11.4. The Hall–Kier alpha value is -1.01. The van der Waals surface area contributed by atoms with Crippen molar-refractivity contribution in [1.82, 2.24) is 9.97 Å². The number of nitrogens with zero attached hydrogens (tertiary/aromatic N) is 3. The predicted molar refractivity (Wildman–Crippen MR) is 61.3 cm³/mol. The number of hydrogen-bond acceptors (Lipinski definition) is 5. The Bertz CT molecular complexity index is 372. The van der Waals surface area contributed by atoms with Gasteiger partial charge in [0.25, 0.3) is 0 Å². The lowest BCUT2D eigenvalue weighted by Gasteiger charge is -2.11. The molecule has 0 saturated heterocycles. The molecule has 0 unspecified atom stereocenters. The lowest BCUT2D eigenvalue weighted by molar-refractivity contribution is -0.115. The van der Waals surface area contributed by atoms with E-state index in [1.54, 1.807) is 6.07 Å². The van der Waals surface area contributed by atoms with Crippen LogP contribution in [0, 0.1) is 0 Å². The zero-order valence-electron chi connectivity index (χ0n) is 8.40. The van der Waals surface area contributed by atoms with E-state index in [-0.39, 0.29) is 5.75 Å². The van der Waals surface area contributed by atoms with Gasteiger partial charge in [-0.3, -0.25) is 4.79 Å². The second kappa shape index (κ2) is 5.18. The van der Waals surface area contributed by atoms with Crippen LogP contribution in [0.25, 0.3) is 0 Å². The number of nitrogens with two attached hydrogens (primary N) is 1. The van der Waals surface area contributed by atoms with Gasteiger partial charge in [0.2, 0.25) is 5.91 Å². The van der Waals surface area contributed by atoms with Crippen LogP contribution in [-0.2, 0) is 4.79 Å². The highest BCUT2D eigenvalue weighted by Crippen LogP contribution is 2.20. The molecule has 1 aromatic heterocycles. The molecule has 1 heterocycles. The summed E-state index contributed by atoms with van der Waals surface area (Å²) in [6.07, 6.45) is 0. The van der Waals surface area contributed by atoms with Crippen molar-refractivity contribution >= 4 is 35.1 Å². The van der Waals surface area contributed by atoms with Crippen molar-refractivity contribution in [3.63, 3.8) is 0 Å². The van der Waals surface area contributed by atoms with Crippen molar-refractivity contribution in [3.05, 3.63) is 11.2 Å². The van der Waals surface area contributed by atoms with Gasteiger partial charge in [0.15, 0.2) is 5.16 Å². The minimum absolute atomic E-state index is 0.146. The Labute approximate surface area is 97.0 Å². The van der Waals surface area contributed by atoms with Crippen LogP contribution in [0.15, 0.2) is 11.2 Å². The van der Waals surface area contributed by atoms with Gasteiger partial charge in [-0.25, -0.2) is 9.97 Å². The lowest BCUT2D eigenvalue weighted by Crippen LogP contribution is -2.14. The van der Waals surface area contributed by atoms with Gasteiger partial charge in [0.1, 0.15) is 11.0 Å². The number of thioether (sulfide) groups is 1. The molecule has 0 saturated carbocycles. The van der Waals surface area contributed by atoms with Gasteiger partial charge in [0, 0.05) is 20.2 Å². The normalized spacial score (nSPS) is 10.1. The monoisotopic (exact) mass is 246 g/mol. The average molecular weight is 247 g/mol. The van der Waals surface area contributed by atoms with Crippen molar-refractivity contribution in [1.29, 1.82) is 0 Å². The van der Waals surface area contributed by atoms with Crippen LogP contribution in [0.1, 0.15) is 0 Å². The predicted octanol–water partition coefficient (Wildman–Crippen LogP) is 0.773. The summed E-state index contributed by atoms with van der Waals surface area (Å²) < 4.78 is 0. The van der Waals surface area contributed by atoms with Crippen LogP contribution >= 0.6 is 23.4 Å². The molecule has 0 bridgehead atoms. The van der Waals surface area contributed by atoms with Crippen molar-refractivity contribution in [2.45, 2.75) is 5.16 Å². The number of primary amides is 1. The maximum Gasteiger partial charge on any atom is 0.227 e. The smallest absolute Gasteiger partial charge is 0.227 e. The van der Waals surface area contributed by atoms with E-state index in [4.69, 9.17) is 17.3 Å². The fraction of sp³-hybridized carbons (Fsp3) is 0.375. The summed E-state index contributed by atoms with van der Waals surface area (Å²) in [5.74, 6) is 0.435. The third kappa shape index (κ3) is 3.93. The number of anilines is 1. The van der Waals surface area contributed by atoms with Gasteiger partial charge in [-0.1, -0.05) is 23.4 Å². The molecular formula is C8H11ClN4OS. The van der Waals surface area contributed by atoms with Gasteiger partial charge < -0.3 is 10.6 Å². The van der Waals surface area contributed by atoms with Crippen LogP contribution in [0.2, 0.25) is 5.15 Å². The molecule has 0 aliphatic carbocycles. The summed E-state index contributed by atoms with van der Waals surface area (Å²) in [6, 6.07) is 1.65. The van der Waals surface area contributed by atoms with Crippen molar-refractivity contribution in [2.24, 2.45) is 5.73 Å². The number of carbonyl (C=O) groups is 1. The number of rotatable bonds is 4. The molecule has 0 atom stereocenters. The van der Waals surface area contributed by atoms with Crippen molar-refractivity contribution in [3.8, 4) is 0 Å². The molecule has 7 heteroatoms. The summed E-state index contributed by atoms with van der Waals surface area (Å²) in [6.45, 7) is 0. The second-order valence-electron chi connectivity index (χ2n) is 2.98. The molecule has 0 aliphatic rings. The maximum atomic E-state index is 10.6. The van der Waals surface area contributed by atoms with Gasteiger partial charge >= 0.3 is 0 Å². The standard InChI is InChI=1S/C8H11ClN4OS/c1-13(2)7-3-5(9)11-8(12-7)15-4-6(10)14/h3H,4H2,1-2H3,(H2,10,14). The van der Waals surface area contributed by atoms with Crippen LogP contribution in [0.4, 0.5) is 5.82 Å². The van der Waals surface area contributed by atoms with Gasteiger partial charge in [-0.2, -0.15) is 0 Å². The third-order valence-electron chi connectivity index (χ3n) is 1.46. The molecule has 0 spiro atoms. The van der Waals surface area contributed by atoms with E-state index < -0.39 is 5.91 Å². The van der Waals surface area contributed by atoms with Gasteiger partial charge in [-0.15, -0.1) is 0 Å². The fourth-order valence-corrected chi connectivity index (χ4v) is 1.63. The Morgan fingerprint density at radius 1 is 1.60 bits per heavy atom. The minimum Gasteiger partial charge on any atom is -0.369 e. The summed E-state index contributed by atoms with van der Waals surface area (Å²) in [4.78, 5) is 20.5. The number of hydrogen-bond donors (Lipinski definition) is 1. The molecule has 1 rings (SSSR count). The summed E-state index contributed by atoms with van der Waals surface area (Å²) in [5.41, 5.74) is 5.02. The molecule has 2 N–H and O–H groups in total. The number of amides is 1. The molecule has 0 aliphatic heterocycles. The summed E-state index contributed by atoms with van der Waals surface area (Å²) >= 11 is 6.97. The highest BCUT2D eigenvalue weighted by molar-refractivity contribution is 7.99. The molecular weight excluding hydrogens is 236 g/mol. The number of aromatic nitrogens is 2. The molecule has 0 radical (unpaired) electrons. The topological polar surface area (TPSA) is 72.1 Å². The Kier molecular flexibility index (Phi) is 4.16. The van der Waals surface area contributed by atoms with Gasteiger partial charge in [0.05, 0.1) is 5.75 Å². The van der Waals surface area contributed by atoms with E-state index in [1.807, 2.05) is 19.0 Å². The van der Waals surface area contributed by atoms with Crippen LogP contribution < -0.4 is 10.6 Å². The zero-order valence-corrected chi connectivity index (χ0v) is 9.97. The summed E-state index contributed by atoms with van der Waals surface area (Å²) in [7, 11) is 3.70. The fourth-order valence-electron chi connectivity index (χ4n) is 0.815. The lowest BCUT2D eigenvalue weighted by atomic mass is 10.5. The van der Waals surface area contributed by atoms with E-state index in [0.29, 0.717) is 16.1 Å². The van der Waals surface area contributed by atoms with Crippen molar-refractivity contribution < 1.29 is 4.79 Å². The maximum absolute atomic E-state index is 10.6. The molecule has 0 aromatic carbocycles. The van der Waals surface area contributed by atoms with Crippen LogP contribution in [-0.4, -0.2) is 35.7 Å². The van der Waals surface area contributed by atoms with E-state index in [2.05, 4.69) is 9.97 Å². The first-order chi connectivity index (χ1) is 6.99. The first kappa shape index (κ1) is 12.1. The second-order valence-corrected chi connectivity index (χ2v) is 4.31. The van der Waals surface area contributed by atoms with Crippen LogP contribution in [0.5, 0.6) is 0 Å². The highest BCUT2D eigenvalue weighted by atomic mass is 35.5. The first-order valence-electron chi connectivity index (χ1n) is 4.12. The van der Waals surface area contributed by atoms with E-state index in [9.17, 15) is 4.79 Å². The SMILES string of the molecule is CN(C)c1cc(Cl)nc(SCC(N)=O)n1. The Morgan fingerprint density at radius 2 is 2.27 bits per heavy atom. The van der Waals surface area contributed by atoms with E-state index in [0.717, 1.165) is 0 Å². The molecule has 0 fully saturated rings. The molecule has 1 aromatic rings. The summed E-state index contributed by atoms with van der Waals surface area (Å²) in [5, 5.41) is 0.797. The van der Waals surface area contributed by atoms with Gasteiger partial charge in [-0.05, 0) is 0 Å². The van der Waals surface area contributed by atoms with E-state index >= 15 is 0 Å². The third-order valence-corrected chi connectivity index (χ3v) is 2.53. The first-order valence-corrected chi connectivity index (χ1v) is 5.48. The Balaban J connectivity index is 2.84. The molecule has 5 nitrogen and oxygen atoms in total. The number of carbonyl (C=O) groups excluding carboxylic acids is 1. The quantitative estimate of drug-likeness (QED) is 0.483. The highest BCUT2D eigenvalue weighted by Gasteiger charge is 2.06. The molecule has 15 heavy (non-hydrogen) atoms.